The van der Waals surface area contributed by atoms with Gasteiger partial charge in [0.2, 0.25) is 5.89 Å². The van der Waals surface area contributed by atoms with Crippen molar-refractivity contribution >= 4 is 0 Å². The molecule has 0 amide bonds. The van der Waals surface area contributed by atoms with E-state index in [1.165, 1.54) is 5.56 Å². The molecule has 1 aliphatic heterocycles. The Morgan fingerprint density at radius 2 is 2.13 bits per heavy atom. The van der Waals surface area contributed by atoms with Crippen molar-refractivity contribution in [2.45, 2.75) is 44.8 Å². The molecule has 0 spiro atoms. The summed E-state index contributed by atoms with van der Waals surface area (Å²) in [6.07, 6.45) is 2.25. The fourth-order valence-electron chi connectivity index (χ4n) is 3.29. The molecule has 1 aromatic heterocycles. The first-order valence-electron chi connectivity index (χ1n) is 8.29. The Bertz CT molecular complexity index is 614. The van der Waals surface area contributed by atoms with E-state index in [0.29, 0.717) is 11.7 Å². The fraction of sp³-hybridized carbons (Fsp3) is 0.556. The van der Waals surface area contributed by atoms with Crippen LogP contribution in [0.1, 0.15) is 49.0 Å². The van der Waals surface area contributed by atoms with Gasteiger partial charge in [-0.05, 0) is 37.8 Å². The quantitative estimate of drug-likeness (QED) is 0.818. The Kier molecular flexibility index (Phi) is 5.08. The molecule has 0 N–H and O–H groups in total. The van der Waals surface area contributed by atoms with E-state index >= 15 is 0 Å². The zero-order chi connectivity index (χ0) is 16.2. The summed E-state index contributed by atoms with van der Waals surface area (Å²) >= 11 is 0. The van der Waals surface area contributed by atoms with Crippen molar-refractivity contribution < 1.29 is 9.26 Å². The lowest BCUT2D eigenvalue weighted by Crippen LogP contribution is -2.27. The van der Waals surface area contributed by atoms with E-state index in [2.05, 4.69) is 52.3 Å². The number of methoxy groups -OCH3 is 1. The van der Waals surface area contributed by atoms with Gasteiger partial charge in [0.05, 0.1) is 12.1 Å². The van der Waals surface area contributed by atoms with E-state index in [4.69, 9.17) is 9.26 Å². The Balaban J connectivity index is 1.65. The SMILES string of the molecule is CO[C@@H]1C[C@@H](c2nc(C)no2)N(CC[C@@H](C)c2ccccc2)C1. The van der Waals surface area contributed by atoms with Crippen molar-refractivity contribution in [3.8, 4) is 0 Å². The minimum Gasteiger partial charge on any atom is -0.380 e. The molecule has 124 valence electrons. The van der Waals surface area contributed by atoms with Crippen molar-refractivity contribution in [2.75, 3.05) is 20.2 Å². The van der Waals surface area contributed by atoms with Gasteiger partial charge in [-0.1, -0.05) is 42.4 Å². The van der Waals surface area contributed by atoms with Gasteiger partial charge in [-0.2, -0.15) is 4.98 Å². The van der Waals surface area contributed by atoms with Crippen LogP contribution in [0.15, 0.2) is 34.9 Å². The largest absolute Gasteiger partial charge is 0.380 e. The van der Waals surface area contributed by atoms with Crippen molar-refractivity contribution in [2.24, 2.45) is 0 Å². The standard InChI is InChI=1S/C18H25N3O2/c1-13(15-7-5-4-6-8-15)9-10-21-12-16(22-3)11-17(21)18-19-14(2)20-23-18/h4-8,13,16-17H,9-12H2,1-3H3/t13-,16-,17+/m1/s1. The van der Waals surface area contributed by atoms with Crippen molar-refractivity contribution in [3.63, 3.8) is 0 Å². The van der Waals surface area contributed by atoms with Crippen LogP contribution in [0.3, 0.4) is 0 Å². The summed E-state index contributed by atoms with van der Waals surface area (Å²) in [5, 5.41) is 3.94. The summed E-state index contributed by atoms with van der Waals surface area (Å²) in [7, 11) is 1.77. The number of rotatable bonds is 6. The molecule has 0 aliphatic carbocycles. The molecule has 0 unspecified atom stereocenters. The third kappa shape index (κ3) is 3.79. The van der Waals surface area contributed by atoms with E-state index in [0.717, 1.165) is 31.8 Å². The maximum Gasteiger partial charge on any atom is 0.244 e. The second kappa shape index (κ2) is 7.23. The number of nitrogens with zero attached hydrogens (tertiary/aromatic N) is 3. The summed E-state index contributed by atoms with van der Waals surface area (Å²) in [6, 6.07) is 10.8. The predicted molar refractivity (Wildman–Crippen MR) is 88.2 cm³/mol. The summed E-state index contributed by atoms with van der Waals surface area (Å²) < 4.78 is 11.0. The molecule has 5 nitrogen and oxygen atoms in total. The Morgan fingerprint density at radius 1 is 1.35 bits per heavy atom. The number of benzene rings is 1. The van der Waals surface area contributed by atoms with Crippen LogP contribution in [-0.4, -0.2) is 41.3 Å². The van der Waals surface area contributed by atoms with Gasteiger partial charge in [-0.3, -0.25) is 4.90 Å². The van der Waals surface area contributed by atoms with E-state index < -0.39 is 0 Å². The van der Waals surface area contributed by atoms with Crippen LogP contribution >= 0.6 is 0 Å². The lowest BCUT2D eigenvalue weighted by molar-refractivity contribution is 0.108. The van der Waals surface area contributed by atoms with E-state index in [1.54, 1.807) is 7.11 Å². The molecule has 0 radical (unpaired) electrons. The number of ether oxygens (including phenoxy) is 1. The molecule has 1 saturated heterocycles. The number of hydrogen-bond donors (Lipinski definition) is 0. The normalized spacial score (nSPS) is 23.3. The van der Waals surface area contributed by atoms with Gasteiger partial charge < -0.3 is 9.26 Å². The summed E-state index contributed by atoms with van der Waals surface area (Å²) in [6.45, 7) is 6.06. The highest BCUT2D eigenvalue weighted by atomic mass is 16.5. The van der Waals surface area contributed by atoms with Gasteiger partial charge in [-0.15, -0.1) is 0 Å². The maximum absolute atomic E-state index is 5.56. The average Bonchev–Trinajstić information content (AvgIpc) is 3.19. The minimum atomic E-state index is 0.170. The first-order valence-corrected chi connectivity index (χ1v) is 8.29. The van der Waals surface area contributed by atoms with Crippen LogP contribution in [-0.2, 0) is 4.74 Å². The monoisotopic (exact) mass is 315 g/mol. The van der Waals surface area contributed by atoms with Crippen molar-refractivity contribution in [1.82, 2.24) is 15.0 Å². The number of hydrogen-bond acceptors (Lipinski definition) is 5. The molecule has 0 saturated carbocycles. The van der Waals surface area contributed by atoms with Gasteiger partial charge in [0.25, 0.3) is 0 Å². The first-order chi connectivity index (χ1) is 11.2. The van der Waals surface area contributed by atoms with Gasteiger partial charge >= 0.3 is 0 Å². The minimum absolute atomic E-state index is 0.170. The second-order valence-electron chi connectivity index (χ2n) is 6.38. The van der Waals surface area contributed by atoms with E-state index in [-0.39, 0.29) is 12.1 Å². The smallest absolute Gasteiger partial charge is 0.244 e. The summed E-state index contributed by atoms with van der Waals surface area (Å²) in [5.74, 6) is 1.94. The lowest BCUT2D eigenvalue weighted by atomic mass is 9.97. The summed E-state index contributed by atoms with van der Waals surface area (Å²) in [4.78, 5) is 6.84. The van der Waals surface area contributed by atoms with Crippen LogP contribution in [0.4, 0.5) is 0 Å². The number of aryl methyl sites for hydroxylation is 1. The average molecular weight is 315 g/mol. The molecule has 0 bridgehead atoms. The molecule has 3 rings (SSSR count). The first kappa shape index (κ1) is 16.1. The van der Waals surface area contributed by atoms with Gasteiger partial charge in [0.1, 0.15) is 0 Å². The zero-order valence-electron chi connectivity index (χ0n) is 14.1. The van der Waals surface area contributed by atoms with E-state index in [9.17, 15) is 0 Å². The molecular formula is C18H25N3O2. The van der Waals surface area contributed by atoms with Crippen LogP contribution in [0.25, 0.3) is 0 Å². The number of likely N-dealkylation sites (tertiary alicyclic amines) is 1. The third-order valence-corrected chi connectivity index (χ3v) is 4.74. The van der Waals surface area contributed by atoms with E-state index in [1.807, 2.05) is 6.92 Å². The van der Waals surface area contributed by atoms with Gasteiger partial charge in [0, 0.05) is 13.7 Å². The number of aromatic nitrogens is 2. The van der Waals surface area contributed by atoms with Gasteiger partial charge in [-0.25, -0.2) is 0 Å². The van der Waals surface area contributed by atoms with Crippen molar-refractivity contribution in [1.29, 1.82) is 0 Å². The van der Waals surface area contributed by atoms with Crippen LogP contribution in [0.5, 0.6) is 0 Å². The molecule has 1 fully saturated rings. The van der Waals surface area contributed by atoms with Crippen LogP contribution < -0.4 is 0 Å². The van der Waals surface area contributed by atoms with Crippen LogP contribution in [0.2, 0.25) is 0 Å². The van der Waals surface area contributed by atoms with Crippen molar-refractivity contribution in [3.05, 3.63) is 47.6 Å². The third-order valence-electron chi connectivity index (χ3n) is 4.74. The summed E-state index contributed by atoms with van der Waals surface area (Å²) in [5.41, 5.74) is 1.39. The molecule has 1 aliphatic rings. The molecule has 2 heterocycles. The van der Waals surface area contributed by atoms with Gasteiger partial charge in [0.15, 0.2) is 5.82 Å². The van der Waals surface area contributed by atoms with Crippen LogP contribution in [0, 0.1) is 6.92 Å². The lowest BCUT2D eigenvalue weighted by Gasteiger charge is -2.23. The highest BCUT2D eigenvalue weighted by molar-refractivity contribution is 5.18. The maximum atomic E-state index is 5.56. The Labute approximate surface area is 137 Å². The molecule has 5 heteroatoms. The molecular weight excluding hydrogens is 290 g/mol. The zero-order valence-corrected chi connectivity index (χ0v) is 14.1. The molecule has 23 heavy (non-hydrogen) atoms. The Hall–Kier alpha value is -1.72. The topological polar surface area (TPSA) is 51.4 Å². The molecule has 1 aromatic carbocycles. The predicted octanol–water partition coefficient (Wildman–Crippen LogP) is 3.33. The molecule has 2 aromatic rings. The molecule has 3 atom stereocenters. The highest BCUT2D eigenvalue weighted by Crippen LogP contribution is 2.33. The second-order valence-corrected chi connectivity index (χ2v) is 6.38. The highest BCUT2D eigenvalue weighted by Gasteiger charge is 2.36. The Morgan fingerprint density at radius 3 is 2.78 bits per heavy atom. The fourth-order valence-corrected chi connectivity index (χ4v) is 3.29.